The van der Waals surface area contributed by atoms with Crippen LogP contribution >= 0.6 is 0 Å². The van der Waals surface area contributed by atoms with Crippen LogP contribution in [0.2, 0.25) is 0 Å². The monoisotopic (exact) mass is 136 g/mol. The molecule has 9 heavy (non-hydrogen) atoms. The molecule has 0 radical (unpaired) electrons. The van der Waals surface area contributed by atoms with Crippen molar-refractivity contribution in [2.45, 2.75) is 0 Å². The van der Waals surface area contributed by atoms with Crippen molar-refractivity contribution >= 4 is 0 Å². The third-order valence-electron chi connectivity index (χ3n) is 0.500. The highest BCUT2D eigenvalue weighted by Crippen LogP contribution is 1.87. The van der Waals surface area contributed by atoms with Gasteiger partial charge in [-0.05, 0) is 0 Å². The van der Waals surface area contributed by atoms with Crippen molar-refractivity contribution in [3.05, 3.63) is 0 Å². The molecule has 4 heteroatoms. The topological polar surface area (TPSA) is 36.9 Å². The lowest BCUT2D eigenvalue weighted by atomic mass is 11.2. The molecule has 0 aromatic heterocycles. The van der Waals surface area contributed by atoms with E-state index in [0.717, 1.165) is 0 Å². The van der Waals surface area contributed by atoms with E-state index in [1.165, 1.54) is 0 Å². The second-order valence-electron chi connectivity index (χ2n) is 1.37. The van der Waals surface area contributed by atoms with Crippen molar-refractivity contribution < 1.29 is 18.9 Å². The minimum absolute atomic E-state index is 0.375. The highest BCUT2D eigenvalue weighted by molar-refractivity contribution is 4.09. The van der Waals surface area contributed by atoms with Gasteiger partial charge in [0.05, 0.1) is 0 Å². The Morgan fingerprint density at radius 2 is 1.11 bits per heavy atom. The van der Waals surface area contributed by atoms with Crippen molar-refractivity contribution in [2.75, 3.05) is 34.6 Å². The standard InChI is InChI=1S/C3H6O3.C2H6O/c1-4-2-6-3-5-1;1-3-2/h1-3H2;1-2H3. The van der Waals surface area contributed by atoms with Crippen molar-refractivity contribution in [3.63, 3.8) is 0 Å². The Bertz CT molecular complexity index is 32.7. The van der Waals surface area contributed by atoms with Crippen LogP contribution < -0.4 is 0 Å². The SMILES string of the molecule is C1OCOCO1.COC. The lowest BCUT2D eigenvalue weighted by Crippen LogP contribution is -2.14. The molecule has 1 aliphatic heterocycles. The average molecular weight is 136 g/mol. The lowest BCUT2D eigenvalue weighted by Gasteiger charge is -2.10. The molecular weight excluding hydrogens is 124 g/mol. The Morgan fingerprint density at radius 3 is 1.22 bits per heavy atom. The zero-order valence-corrected chi connectivity index (χ0v) is 5.75. The molecule has 0 saturated carbocycles. The summed E-state index contributed by atoms with van der Waals surface area (Å²) >= 11 is 0. The molecule has 0 unspecified atom stereocenters. The van der Waals surface area contributed by atoms with Crippen molar-refractivity contribution in [1.82, 2.24) is 0 Å². The maximum absolute atomic E-state index is 4.62. The maximum Gasteiger partial charge on any atom is 0.152 e. The van der Waals surface area contributed by atoms with Gasteiger partial charge >= 0.3 is 0 Å². The van der Waals surface area contributed by atoms with E-state index < -0.39 is 0 Å². The summed E-state index contributed by atoms with van der Waals surface area (Å²) in [5.41, 5.74) is 0. The molecule has 0 aromatic rings. The van der Waals surface area contributed by atoms with Gasteiger partial charge in [0.1, 0.15) is 0 Å². The van der Waals surface area contributed by atoms with Crippen LogP contribution in [0.3, 0.4) is 0 Å². The van der Waals surface area contributed by atoms with Gasteiger partial charge in [0.25, 0.3) is 0 Å². The predicted octanol–water partition coefficient (Wildman–Crippen LogP) is 0.185. The number of hydrogen-bond acceptors (Lipinski definition) is 4. The molecular formula is C5H12O4. The molecule has 0 aromatic carbocycles. The highest BCUT2D eigenvalue weighted by Gasteiger charge is 1.93. The fourth-order valence-electron chi connectivity index (χ4n) is 0.279. The number of methoxy groups -OCH3 is 1. The molecule has 0 bridgehead atoms. The van der Waals surface area contributed by atoms with E-state index in [1.807, 2.05) is 0 Å². The number of rotatable bonds is 0. The van der Waals surface area contributed by atoms with Crippen LogP contribution in [0, 0.1) is 0 Å². The summed E-state index contributed by atoms with van der Waals surface area (Å²) < 4.78 is 18.1. The lowest BCUT2D eigenvalue weighted by molar-refractivity contribution is -0.247. The minimum Gasteiger partial charge on any atom is -0.388 e. The van der Waals surface area contributed by atoms with Gasteiger partial charge in [-0.25, -0.2) is 0 Å². The van der Waals surface area contributed by atoms with Gasteiger partial charge in [0.15, 0.2) is 20.4 Å². The largest absolute Gasteiger partial charge is 0.388 e. The second-order valence-corrected chi connectivity index (χ2v) is 1.37. The second kappa shape index (κ2) is 7.84. The van der Waals surface area contributed by atoms with Gasteiger partial charge in [-0.2, -0.15) is 0 Å². The summed E-state index contributed by atoms with van der Waals surface area (Å²) in [6, 6.07) is 0. The van der Waals surface area contributed by atoms with Crippen LogP contribution in [-0.2, 0) is 18.9 Å². The summed E-state index contributed by atoms with van der Waals surface area (Å²) in [7, 11) is 3.25. The van der Waals surface area contributed by atoms with Crippen molar-refractivity contribution in [1.29, 1.82) is 0 Å². The third kappa shape index (κ3) is 7.84. The number of ether oxygens (including phenoxy) is 4. The van der Waals surface area contributed by atoms with Crippen molar-refractivity contribution in [3.8, 4) is 0 Å². The van der Waals surface area contributed by atoms with Gasteiger partial charge in [-0.15, -0.1) is 0 Å². The molecule has 1 aliphatic rings. The fourth-order valence-corrected chi connectivity index (χ4v) is 0.279. The first-order valence-electron chi connectivity index (χ1n) is 2.55. The Labute approximate surface area is 54.7 Å². The Hall–Kier alpha value is -0.160. The van der Waals surface area contributed by atoms with Gasteiger partial charge in [0, 0.05) is 14.2 Å². The zero-order valence-electron chi connectivity index (χ0n) is 5.75. The predicted molar refractivity (Wildman–Crippen MR) is 30.8 cm³/mol. The van der Waals surface area contributed by atoms with Crippen LogP contribution in [0.1, 0.15) is 0 Å². The summed E-state index contributed by atoms with van der Waals surface area (Å²) in [5, 5.41) is 0. The molecule has 1 heterocycles. The Morgan fingerprint density at radius 1 is 0.889 bits per heavy atom. The maximum atomic E-state index is 4.62. The van der Waals surface area contributed by atoms with E-state index in [-0.39, 0.29) is 0 Å². The average Bonchev–Trinajstić information content (AvgIpc) is 1.93. The van der Waals surface area contributed by atoms with Crippen LogP contribution in [0.4, 0.5) is 0 Å². The summed E-state index contributed by atoms with van der Waals surface area (Å²) in [4.78, 5) is 0. The molecule has 1 rings (SSSR count). The number of hydrogen-bond donors (Lipinski definition) is 0. The first kappa shape index (κ1) is 8.84. The molecule has 0 spiro atoms. The zero-order chi connectivity index (χ0) is 6.95. The molecule has 1 fully saturated rings. The van der Waals surface area contributed by atoms with Gasteiger partial charge in [-0.3, -0.25) is 0 Å². The highest BCUT2D eigenvalue weighted by atomic mass is 16.8. The molecule has 0 N–H and O–H groups in total. The first-order valence-corrected chi connectivity index (χ1v) is 2.55. The summed E-state index contributed by atoms with van der Waals surface area (Å²) in [5.74, 6) is 0. The van der Waals surface area contributed by atoms with E-state index in [0.29, 0.717) is 20.4 Å². The van der Waals surface area contributed by atoms with Crippen molar-refractivity contribution in [2.24, 2.45) is 0 Å². The normalized spacial score (nSPS) is 18.0. The summed E-state index contributed by atoms with van der Waals surface area (Å²) in [6.07, 6.45) is 0. The minimum atomic E-state index is 0.375. The fraction of sp³-hybridized carbons (Fsp3) is 1.00. The smallest absolute Gasteiger partial charge is 0.152 e. The van der Waals surface area contributed by atoms with Gasteiger partial charge in [0.2, 0.25) is 0 Å². The van der Waals surface area contributed by atoms with Crippen LogP contribution in [0.15, 0.2) is 0 Å². The molecule has 56 valence electrons. The van der Waals surface area contributed by atoms with Gasteiger partial charge in [-0.1, -0.05) is 0 Å². The van der Waals surface area contributed by atoms with Crippen LogP contribution in [0.5, 0.6) is 0 Å². The molecule has 1 saturated heterocycles. The molecule has 4 nitrogen and oxygen atoms in total. The van der Waals surface area contributed by atoms with Crippen LogP contribution in [0.25, 0.3) is 0 Å². The molecule has 0 atom stereocenters. The summed E-state index contributed by atoms with van der Waals surface area (Å²) in [6.45, 7) is 1.12. The third-order valence-corrected chi connectivity index (χ3v) is 0.500. The van der Waals surface area contributed by atoms with E-state index in [4.69, 9.17) is 0 Å². The quantitative estimate of drug-likeness (QED) is 0.476. The Kier molecular flexibility index (Phi) is 7.70. The molecule has 0 amide bonds. The van der Waals surface area contributed by atoms with E-state index in [9.17, 15) is 0 Å². The van der Waals surface area contributed by atoms with Crippen LogP contribution in [-0.4, -0.2) is 34.6 Å². The van der Waals surface area contributed by atoms with E-state index in [1.54, 1.807) is 14.2 Å². The van der Waals surface area contributed by atoms with E-state index >= 15 is 0 Å². The Balaban J connectivity index is 0.000000187. The first-order chi connectivity index (χ1) is 4.41. The van der Waals surface area contributed by atoms with Gasteiger partial charge < -0.3 is 18.9 Å². The van der Waals surface area contributed by atoms with E-state index in [2.05, 4.69) is 18.9 Å². The molecule has 0 aliphatic carbocycles.